The Morgan fingerprint density at radius 3 is 2.94 bits per heavy atom. The van der Waals surface area contributed by atoms with Gasteiger partial charge in [-0.25, -0.2) is 0 Å². The van der Waals surface area contributed by atoms with Gasteiger partial charge in [-0.3, -0.25) is 4.79 Å². The highest BCUT2D eigenvalue weighted by molar-refractivity contribution is 5.95. The van der Waals surface area contributed by atoms with Crippen molar-refractivity contribution in [1.29, 1.82) is 0 Å². The van der Waals surface area contributed by atoms with Crippen LogP contribution in [-0.4, -0.2) is 42.1 Å². The molecule has 0 aliphatic carbocycles. The van der Waals surface area contributed by atoms with E-state index in [1.807, 2.05) is 50.2 Å². The number of aryl methyl sites for hydroxylation is 2. The number of anilines is 1. The largest absolute Gasteiger partial charge is 0.490 e. The molecule has 0 saturated carbocycles. The van der Waals surface area contributed by atoms with Crippen LogP contribution in [0.4, 0.5) is 5.82 Å². The van der Waals surface area contributed by atoms with Crippen LogP contribution in [0.3, 0.4) is 0 Å². The predicted octanol–water partition coefficient (Wildman–Crippen LogP) is 2.97. The van der Waals surface area contributed by atoms with Crippen molar-refractivity contribution < 1.29 is 9.53 Å². The highest BCUT2D eigenvalue weighted by atomic mass is 16.5. The number of ether oxygens (including phenoxy) is 1. The average molecular weight is 415 g/mol. The molecule has 31 heavy (non-hydrogen) atoms. The van der Waals surface area contributed by atoms with Gasteiger partial charge in [0.2, 0.25) is 5.91 Å². The van der Waals surface area contributed by atoms with Crippen molar-refractivity contribution in [1.82, 2.24) is 29.6 Å². The van der Waals surface area contributed by atoms with Gasteiger partial charge in [-0.15, -0.1) is 15.3 Å². The Morgan fingerprint density at radius 2 is 2.10 bits per heavy atom. The molecule has 0 bridgehead atoms. The van der Waals surface area contributed by atoms with Gasteiger partial charge in [0.25, 0.3) is 0 Å². The molecule has 3 aromatic heterocycles. The van der Waals surface area contributed by atoms with Gasteiger partial charge in [0, 0.05) is 17.9 Å². The third kappa shape index (κ3) is 3.24. The molecule has 0 saturated heterocycles. The number of nitrogens with one attached hydrogen (secondary N) is 1. The molecule has 1 aliphatic heterocycles. The normalized spacial score (nSPS) is 15.5. The second-order valence-corrected chi connectivity index (χ2v) is 7.45. The quantitative estimate of drug-likeness (QED) is 0.503. The minimum atomic E-state index is -0.134. The first-order valence-corrected chi connectivity index (χ1v) is 9.97. The fraction of sp³-hybridized carbons (Fsp3) is 0.227. The molecular weight excluding hydrogens is 394 g/mol. The first kappa shape index (κ1) is 19.0. The van der Waals surface area contributed by atoms with Crippen LogP contribution in [0.5, 0.6) is 5.75 Å². The number of amides is 1. The zero-order valence-corrected chi connectivity index (χ0v) is 17.2. The molecule has 4 aromatic rings. The molecule has 1 aromatic carbocycles. The van der Waals surface area contributed by atoms with Gasteiger partial charge in [-0.2, -0.15) is 14.3 Å². The van der Waals surface area contributed by atoms with E-state index in [0.29, 0.717) is 36.1 Å². The summed E-state index contributed by atoms with van der Waals surface area (Å²) >= 11 is 0. The summed E-state index contributed by atoms with van der Waals surface area (Å²) in [6.45, 7) is 7.89. The van der Waals surface area contributed by atoms with Gasteiger partial charge in [0.15, 0.2) is 17.3 Å². The number of carbonyl (C=O) groups is 1. The summed E-state index contributed by atoms with van der Waals surface area (Å²) in [5.41, 5.74) is 3.46. The molecule has 9 heteroatoms. The summed E-state index contributed by atoms with van der Waals surface area (Å²) in [5.74, 6) is 2.42. The highest BCUT2D eigenvalue weighted by Gasteiger charge is 2.33. The molecule has 1 aliphatic rings. The zero-order valence-electron chi connectivity index (χ0n) is 17.2. The molecule has 0 radical (unpaired) electrons. The van der Waals surface area contributed by atoms with Crippen LogP contribution in [0, 0.1) is 13.8 Å². The maximum atomic E-state index is 12.6. The van der Waals surface area contributed by atoms with Crippen molar-refractivity contribution in [2.24, 2.45) is 0 Å². The van der Waals surface area contributed by atoms with E-state index in [9.17, 15) is 4.79 Å². The summed E-state index contributed by atoms with van der Waals surface area (Å²) in [4.78, 5) is 12.6. The van der Waals surface area contributed by atoms with E-state index in [0.717, 1.165) is 22.6 Å². The summed E-state index contributed by atoms with van der Waals surface area (Å²) in [6.07, 6.45) is 2.04. The van der Waals surface area contributed by atoms with E-state index < -0.39 is 0 Å². The summed E-state index contributed by atoms with van der Waals surface area (Å²) in [7, 11) is 0. The molecule has 0 fully saturated rings. The smallest absolute Gasteiger partial charge is 0.226 e. The van der Waals surface area contributed by atoms with Gasteiger partial charge in [-0.1, -0.05) is 24.8 Å². The highest BCUT2D eigenvalue weighted by Crippen LogP contribution is 2.40. The van der Waals surface area contributed by atoms with Crippen molar-refractivity contribution in [3.63, 3.8) is 0 Å². The number of rotatable bonds is 5. The lowest BCUT2D eigenvalue weighted by atomic mass is 9.86. The number of benzene rings is 1. The van der Waals surface area contributed by atoms with Gasteiger partial charge in [0.05, 0.1) is 5.69 Å². The van der Waals surface area contributed by atoms with Gasteiger partial charge in [-0.05, 0) is 43.7 Å². The number of hydrogen-bond acceptors (Lipinski definition) is 6. The fourth-order valence-electron chi connectivity index (χ4n) is 3.97. The monoisotopic (exact) mass is 415 g/mol. The third-order valence-corrected chi connectivity index (χ3v) is 5.35. The second-order valence-electron chi connectivity index (χ2n) is 7.45. The van der Waals surface area contributed by atoms with Crippen molar-refractivity contribution in [2.75, 3.05) is 11.9 Å². The molecule has 1 amide bonds. The SMILES string of the molecule is C=CCOc1cccc([C@H]2CC(=O)Nc3c2c(C)nn3-c2ccc3nnc(C)n3n2)c1. The van der Waals surface area contributed by atoms with Crippen LogP contribution in [0.1, 0.15) is 35.0 Å². The van der Waals surface area contributed by atoms with Crippen molar-refractivity contribution in [2.45, 2.75) is 26.2 Å². The lowest BCUT2D eigenvalue weighted by molar-refractivity contribution is -0.116. The standard InChI is InChI=1S/C22H21N7O2/c1-4-10-31-16-7-5-6-15(11-16)17-12-20(30)23-22-21(17)13(2)26-29(22)19-9-8-18-25-24-14(3)28(18)27-19/h4-9,11,17H,1,10,12H2,2-3H3,(H,23,30)/t17-/m1/s1. The summed E-state index contributed by atoms with van der Waals surface area (Å²) < 4.78 is 9.01. The van der Waals surface area contributed by atoms with Crippen molar-refractivity contribution >= 4 is 17.4 Å². The van der Waals surface area contributed by atoms with E-state index >= 15 is 0 Å². The minimum Gasteiger partial charge on any atom is -0.490 e. The van der Waals surface area contributed by atoms with Crippen LogP contribution in [0.15, 0.2) is 49.1 Å². The number of aromatic nitrogens is 6. The first-order chi connectivity index (χ1) is 15.0. The molecule has 5 rings (SSSR count). The number of carbonyl (C=O) groups excluding carboxylic acids is 1. The predicted molar refractivity (Wildman–Crippen MR) is 115 cm³/mol. The Bertz CT molecular complexity index is 1320. The number of nitrogens with zero attached hydrogens (tertiary/aromatic N) is 6. The molecule has 9 nitrogen and oxygen atoms in total. The molecule has 0 unspecified atom stereocenters. The first-order valence-electron chi connectivity index (χ1n) is 9.97. The lowest BCUT2D eigenvalue weighted by Crippen LogP contribution is -2.25. The summed E-state index contributed by atoms with van der Waals surface area (Å²) in [6, 6.07) is 11.5. The van der Waals surface area contributed by atoms with E-state index in [1.165, 1.54) is 0 Å². The maximum absolute atomic E-state index is 12.6. The minimum absolute atomic E-state index is 0.0716. The fourth-order valence-corrected chi connectivity index (χ4v) is 3.97. The van der Waals surface area contributed by atoms with Crippen LogP contribution in [0.2, 0.25) is 0 Å². The van der Waals surface area contributed by atoms with Crippen molar-refractivity contribution in [3.05, 3.63) is 71.7 Å². The third-order valence-electron chi connectivity index (χ3n) is 5.35. The van der Waals surface area contributed by atoms with E-state index in [-0.39, 0.29) is 11.8 Å². The average Bonchev–Trinajstić information content (AvgIpc) is 3.31. The second kappa shape index (κ2) is 7.35. The lowest BCUT2D eigenvalue weighted by Gasteiger charge is -2.24. The van der Waals surface area contributed by atoms with E-state index in [2.05, 4.69) is 27.2 Å². The Kier molecular flexibility index (Phi) is 4.50. The molecule has 1 N–H and O–H groups in total. The van der Waals surface area contributed by atoms with Crippen LogP contribution in [-0.2, 0) is 4.79 Å². The van der Waals surface area contributed by atoms with Crippen LogP contribution in [0.25, 0.3) is 11.5 Å². The molecule has 0 spiro atoms. The Hall–Kier alpha value is -4.01. The molecule has 1 atom stereocenters. The van der Waals surface area contributed by atoms with Crippen LogP contribution < -0.4 is 10.1 Å². The number of hydrogen-bond donors (Lipinski definition) is 1. The van der Waals surface area contributed by atoms with Crippen molar-refractivity contribution in [3.8, 4) is 11.6 Å². The zero-order chi connectivity index (χ0) is 21.5. The Labute approximate surface area is 178 Å². The molecule has 4 heterocycles. The topological polar surface area (TPSA) is 99.2 Å². The van der Waals surface area contributed by atoms with E-state index in [1.54, 1.807) is 15.3 Å². The van der Waals surface area contributed by atoms with Gasteiger partial charge < -0.3 is 10.1 Å². The Morgan fingerprint density at radius 1 is 1.23 bits per heavy atom. The van der Waals surface area contributed by atoms with Gasteiger partial charge in [0.1, 0.15) is 18.2 Å². The Balaban J connectivity index is 1.61. The number of fused-ring (bicyclic) bond motifs is 2. The molecule has 156 valence electrons. The van der Waals surface area contributed by atoms with E-state index in [4.69, 9.17) is 9.84 Å². The molecular formula is C22H21N7O2. The summed E-state index contributed by atoms with van der Waals surface area (Å²) in [5, 5.41) is 20.4. The van der Waals surface area contributed by atoms with Crippen LogP contribution >= 0.6 is 0 Å². The maximum Gasteiger partial charge on any atom is 0.226 e. The van der Waals surface area contributed by atoms with Gasteiger partial charge >= 0.3 is 0 Å².